The van der Waals surface area contributed by atoms with Crippen LogP contribution in [0.15, 0.2) is 24.3 Å². The van der Waals surface area contributed by atoms with E-state index in [1.807, 2.05) is 0 Å². The Kier molecular flexibility index (Phi) is 5.65. The van der Waals surface area contributed by atoms with Crippen molar-refractivity contribution in [3.63, 3.8) is 0 Å². The molecule has 0 saturated carbocycles. The molecule has 1 aromatic heterocycles. The maximum atomic E-state index is 13.3. The molecule has 1 aliphatic heterocycles. The van der Waals surface area contributed by atoms with Crippen LogP contribution < -0.4 is 0 Å². The molecule has 2 aliphatic rings. The van der Waals surface area contributed by atoms with Gasteiger partial charge in [0.2, 0.25) is 0 Å². The van der Waals surface area contributed by atoms with Crippen molar-refractivity contribution >= 4 is 11.9 Å². The topological polar surface area (TPSA) is 64.4 Å². The van der Waals surface area contributed by atoms with Gasteiger partial charge < -0.3 is 9.64 Å². The lowest BCUT2D eigenvalue weighted by molar-refractivity contribution is -0.138. The number of fused-ring (bicyclic) bond motifs is 1. The van der Waals surface area contributed by atoms with Crippen molar-refractivity contribution in [2.24, 2.45) is 0 Å². The summed E-state index contributed by atoms with van der Waals surface area (Å²) in [7, 11) is 0. The van der Waals surface area contributed by atoms with Crippen molar-refractivity contribution in [1.82, 2.24) is 14.7 Å². The van der Waals surface area contributed by atoms with E-state index in [1.54, 1.807) is 28.6 Å². The average Bonchev–Trinajstić information content (AvgIpc) is 3.31. The first kappa shape index (κ1) is 19.6. The highest BCUT2D eigenvalue weighted by Gasteiger charge is 2.30. The lowest BCUT2D eigenvalue weighted by atomic mass is 10.1. The molecule has 2 aromatic rings. The van der Waals surface area contributed by atoms with E-state index in [2.05, 4.69) is 5.10 Å². The maximum absolute atomic E-state index is 13.3. The van der Waals surface area contributed by atoms with Crippen LogP contribution in [-0.4, -0.2) is 45.8 Å². The molecule has 1 amide bonds. The summed E-state index contributed by atoms with van der Waals surface area (Å²) in [5, 5.41) is 4.54. The number of halogens is 1. The van der Waals surface area contributed by atoms with Gasteiger partial charge in [-0.05, 0) is 69.7 Å². The largest absolute Gasteiger partial charge is 0.448 e. The van der Waals surface area contributed by atoms with E-state index in [1.165, 1.54) is 12.1 Å². The third-order valence-corrected chi connectivity index (χ3v) is 5.74. The van der Waals surface area contributed by atoms with Crippen LogP contribution in [0.4, 0.5) is 4.39 Å². The molecule has 0 bridgehead atoms. The molecule has 0 radical (unpaired) electrons. The molecule has 1 aromatic carbocycles. The van der Waals surface area contributed by atoms with Crippen molar-refractivity contribution in [1.29, 1.82) is 0 Å². The van der Waals surface area contributed by atoms with Gasteiger partial charge in [0.25, 0.3) is 5.91 Å². The van der Waals surface area contributed by atoms with E-state index in [4.69, 9.17) is 4.74 Å². The third-order valence-electron chi connectivity index (χ3n) is 5.74. The highest BCUT2D eigenvalue weighted by Crippen LogP contribution is 2.27. The van der Waals surface area contributed by atoms with Crippen LogP contribution in [0, 0.1) is 5.82 Å². The van der Waals surface area contributed by atoms with Crippen molar-refractivity contribution in [3.8, 4) is 5.69 Å². The van der Waals surface area contributed by atoms with Crippen molar-refractivity contribution in [2.45, 2.75) is 58.0 Å². The number of ether oxygens (including phenoxy) is 1. The molecular formula is C22H26FN3O3. The molecule has 29 heavy (non-hydrogen) atoms. The molecule has 154 valence electrons. The van der Waals surface area contributed by atoms with Crippen molar-refractivity contribution in [2.75, 3.05) is 13.1 Å². The lowest BCUT2D eigenvalue weighted by Gasteiger charge is -2.20. The van der Waals surface area contributed by atoms with E-state index in [9.17, 15) is 14.0 Å². The van der Waals surface area contributed by atoms with Crippen LogP contribution in [0.25, 0.3) is 5.69 Å². The highest BCUT2D eigenvalue weighted by atomic mass is 19.1. The van der Waals surface area contributed by atoms with Gasteiger partial charge in [0, 0.05) is 24.3 Å². The number of aromatic nitrogens is 2. The predicted molar refractivity (Wildman–Crippen MR) is 105 cm³/mol. The summed E-state index contributed by atoms with van der Waals surface area (Å²) in [6.45, 7) is 3.05. The Hall–Kier alpha value is -2.70. The second kappa shape index (κ2) is 8.35. The second-order valence-electron chi connectivity index (χ2n) is 7.80. The van der Waals surface area contributed by atoms with E-state index in [0.717, 1.165) is 69.3 Å². The number of carbonyl (C=O) groups excluding carboxylic acids is 2. The zero-order chi connectivity index (χ0) is 20.4. The zero-order valence-corrected chi connectivity index (χ0v) is 16.7. The average molecular weight is 399 g/mol. The standard InChI is InChI=1S/C22H26FN3O3/c1-15(21(27)25-13-5-6-14-25)29-22(28)20-18-7-3-2-4-8-19(18)26(24-20)17-11-9-16(23)10-12-17/h9-12,15H,2-8,13-14H2,1H3/t15-/m1/s1. The van der Waals surface area contributed by atoms with Gasteiger partial charge >= 0.3 is 5.97 Å². The highest BCUT2D eigenvalue weighted by molar-refractivity contribution is 5.92. The van der Waals surface area contributed by atoms with Gasteiger partial charge in [-0.1, -0.05) is 6.42 Å². The second-order valence-corrected chi connectivity index (χ2v) is 7.80. The Morgan fingerprint density at radius 3 is 2.45 bits per heavy atom. The predicted octanol–water partition coefficient (Wildman–Crippen LogP) is 3.45. The van der Waals surface area contributed by atoms with Gasteiger partial charge in [-0.25, -0.2) is 13.9 Å². The van der Waals surface area contributed by atoms with E-state index in [-0.39, 0.29) is 17.4 Å². The number of hydrogen-bond donors (Lipinski definition) is 0. The first-order valence-corrected chi connectivity index (χ1v) is 10.4. The van der Waals surface area contributed by atoms with E-state index >= 15 is 0 Å². The Labute approximate surface area is 169 Å². The number of carbonyl (C=O) groups is 2. The Balaban J connectivity index is 1.61. The number of likely N-dealkylation sites (tertiary alicyclic amines) is 1. The lowest BCUT2D eigenvalue weighted by Crippen LogP contribution is -2.38. The SMILES string of the molecule is C[C@@H](OC(=O)c1nn(-c2ccc(F)cc2)c2c1CCCCC2)C(=O)N1CCCC1. The molecule has 6 nitrogen and oxygen atoms in total. The van der Waals surface area contributed by atoms with E-state index < -0.39 is 12.1 Å². The molecule has 1 saturated heterocycles. The van der Waals surface area contributed by atoms with Gasteiger partial charge in [0.15, 0.2) is 11.8 Å². The summed E-state index contributed by atoms with van der Waals surface area (Å²) in [4.78, 5) is 27.2. The molecule has 1 atom stereocenters. The zero-order valence-electron chi connectivity index (χ0n) is 16.7. The van der Waals surface area contributed by atoms with Crippen LogP contribution in [0.2, 0.25) is 0 Å². The first-order valence-electron chi connectivity index (χ1n) is 10.4. The Bertz CT molecular complexity index is 901. The Morgan fingerprint density at radius 2 is 1.72 bits per heavy atom. The number of benzene rings is 1. The van der Waals surface area contributed by atoms with Gasteiger partial charge in [-0.2, -0.15) is 5.10 Å². The minimum absolute atomic E-state index is 0.153. The molecule has 4 rings (SSSR count). The van der Waals surface area contributed by atoms with Crippen molar-refractivity contribution < 1.29 is 18.7 Å². The molecule has 1 fully saturated rings. The molecular weight excluding hydrogens is 373 g/mol. The molecule has 0 unspecified atom stereocenters. The minimum Gasteiger partial charge on any atom is -0.448 e. The quantitative estimate of drug-likeness (QED) is 0.584. The normalized spacial score (nSPS) is 17.5. The maximum Gasteiger partial charge on any atom is 0.359 e. The van der Waals surface area contributed by atoms with Gasteiger partial charge in [0.1, 0.15) is 5.82 Å². The number of esters is 1. The van der Waals surface area contributed by atoms with Crippen LogP contribution in [0.1, 0.15) is 60.8 Å². The van der Waals surface area contributed by atoms with Gasteiger partial charge in [-0.15, -0.1) is 0 Å². The molecule has 0 N–H and O–H groups in total. The summed E-state index contributed by atoms with van der Waals surface area (Å²) in [6, 6.07) is 6.08. The summed E-state index contributed by atoms with van der Waals surface area (Å²) in [5.74, 6) is -1.04. The fourth-order valence-corrected chi connectivity index (χ4v) is 4.20. The summed E-state index contributed by atoms with van der Waals surface area (Å²) >= 11 is 0. The molecule has 0 spiro atoms. The fraction of sp³-hybridized carbons (Fsp3) is 0.500. The number of rotatable bonds is 4. The molecule has 2 heterocycles. The van der Waals surface area contributed by atoms with Crippen LogP contribution >= 0.6 is 0 Å². The number of hydrogen-bond acceptors (Lipinski definition) is 4. The van der Waals surface area contributed by atoms with Crippen LogP contribution in [0.5, 0.6) is 0 Å². The number of nitrogens with zero attached hydrogens (tertiary/aromatic N) is 3. The van der Waals surface area contributed by atoms with Crippen LogP contribution in [-0.2, 0) is 22.4 Å². The number of amides is 1. The smallest absolute Gasteiger partial charge is 0.359 e. The fourth-order valence-electron chi connectivity index (χ4n) is 4.20. The molecule has 1 aliphatic carbocycles. The van der Waals surface area contributed by atoms with Crippen molar-refractivity contribution in [3.05, 3.63) is 47.0 Å². The summed E-state index contributed by atoms with van der Waals surface area (Å²) in [5.41, 5.74) is 2.84. The van der Waals surface area contributed by atoms with Gasteiger partial charge in [-0.3, -0.25) is 4.79 Å². The summed E-state index contributed by atoms with van der Waals surface area (Å²) in [6.07, 6.45) is 5.76. The Morgan fingerprint density at radius 1 is 1.03 bits per heavy atom. The van der Waals surface area contributed by atoms with E-state index in [0.29, 0.717) is 5.69 Å². The summed E-state index contributed by atoms with van der Waals surface area (Å²) < 4.78 is 20.6. The van der Waals surface area contributed by atoms with Gasteiger partial charge in [0.05, 0.1) is 5.69 Å². The molecule has 7 heteroatoms. The third kappa shape index (κ3) is 4.04. The monoisotopic (exact) mass is 399 g/mol. The minimum atomic E-state index is -0.835. The van der Waals surface area contributed by atoms with Crippen LogP contribution in [0.3, 0.4) is 0 Å². The first-order chi connectivity index (χ1) is 14.0.